The topological polar surface area (TPSA) is 88.1 Å². The summed E-state index contributed by atoms with van der Waals surface area (Å²) >= 11 is 3.42. The van der Waals surface area contributed by atoms with Crippen LogP contribution in [0.25, 0.3) is 0 Å². The lowest BCUT2D eigenvalue weighted by Gasteiger charge is -2.22. The van der Waals surface area contributed by atoms with Crippen LogP contribution in [0.3, 0.4) is 0 Å². The van der Waals surface area contributed by atoms with Crippen LogP contribution < -0.4 is 16.0 Å². The molecule has 0 aliphatic heterocycles. The molecule has 3 N–H and O–H groups in total. The molecule has 0 saturated carbocycles. The van der Waals surface area contributed by atoms with Gasteiger partial charge in [0, 0.05) is 16.2 Å². The van der Waals surface area contributed by atoms with E-state index in [0.29, 0.717) is 18.1 Å². The third kappa shape index (κ3) is 5.93. The maximum Gasteiger partial charge on any atom is 0.319 e. The van der Waals surface area contributed by atoms with Gasteiger partial charge >= 0.3 is 6.03 Å². The van der Waals surface area contributed by atoms with E-state index in [2.05, 4.69) is 37.0 Å². The summed E-state index contributed by atoms with van der Waals surface area (Å²) in [7, 11) is 0. The Morgan fingerprint density at radius 1 is 1.00 bits per heavy atom. The molecule has 2 aromatic carbocycles. The van der Waals surface area contributed by atoms with Crippen LogP contribution in [0.1, 0.15) is 19.4 Å². The van der Waals surface area contributed by atoms with E-state index in [1.807, 2.05) is 56.3 Å². The molecule has 30 heavy (non-hydrogen) atoms. The fourth-order valence-electron chi connectivity index (χ4n) is 2.90. The van der Waals surface area contributed by atoms with Gasteiger partial charge in [0.15, 0.2) is 0 Å². The van der Waals surface area contributed by atoms with Gasteiger partial charge in [-0.2, -0.15) is 5.10 Å². The number of rotatable bonds is 7. The van der Waals surface area contributed by atoms with Crippen molar-refractivity contribution in [2.45, 2.75) is 26.4 Å². The van der Waals surface area contributed by atoms with Gasteiger partial charge in [0.25, 0.3) is 0 Å². The molecule has 0 aliphatic rings. The van der Waals surface area contributed by atoms with Gasteiger partial charge in [0.2, 0.25) is 5.91 Å². The number of carbonyl (C=O) groups is 2. The number of nitrogens with one attached hydrogen (secondary N) is 3. The molecule has 3 rings (SSSR count). The lowest BCUT2D eigenvalue weighted by atomic mass is 10.0. The van der Waals surface area contributed by atoms with E-state index in [9.17, 15) is 9.59 Å². The minimum Gasteiger partial charge on any atom is -0.326 e. The summed E-state index contributed by atoms with van der Waals surface area (Å²) in [5.74, 6) is 0.166. The van der Waals surface area contributed by atoms with E-state index in [1.165, 1.54) is 0 Å². The molecule has 0 saturated heterocycles. The Bertz CT molecular complexity index is 986. The highest BCUT2D eigenvalue weighted by Gasteiger charge is 2.25. The summed E-state index contributed by atoms with van der Waals surface area (Å²) in [6, 6.07) is 17.6. The van der Waals surface area contributed by atoms with Crippen molar-refractivity contribution >= 4 is 39.4 Å². The molecule has 0 bridgehead atoms. The van der Waals surface area contributed by atoms with Crippen LogP contribution in [0.2, 0.25) is 0 Å². The molecule has 0 radical (unpaired) electrons. The van der Waals surface area contributed by atoms with Gasteiger partial charge in [0.05, 0.1) is 12.7 Å². The molecule has 0 spiro atoms. The second-order valence-corrected chi connectivity index (χ2v) is 8.09. The van der Waals surface area contributed by atoms with Gasteiger partial charge in [0.1, 0.15) is 11.9 Å². The van der Waals surface area contributed by atoms with Gasteiger partial charge in [-0.05, 0) is 35.7 Å². The molecule has 1 aromatic heterocycles. The quantitative estimate of drug-likeness (QED) is 0.476. The van der Waals surface area contributed by atoms with Gasteiger partial charge < -0.3 is 16.0 Å². The van der Waals surface area contributed by atoms with E-state index in [4.69, 9.17) is 0 Å². The van der Waals surface area contributed by atoms with Crippen molar-refractivity contribution in [2.75, 3.05) is 10.6 Å². The van der Waals surface area contributed by atoms with Gasteiger partial charge in [-0.15, -0.1) is 0 Å². The molecule has 3 amide bonds. The molecule has 7 nitrogen and oxygen atoms in total. The Balaban J connectivity index is 1.65. The predicted octanol–water partition coefficient (Wildman–Crippen LogP) is 4.48. The molecule has 0 aliphatic carbocycles. The average molecular weight is 470 g/mol. The Labute approximate surface area is 184 Å². The SMILES string of the molecule is CC(C)C(NC(=O)Nc1ccccc1)C(=O)Nc1ccnn1Cc1ccc(Br)cc1. The van der Waals surface area contributed by atoms with Gasteiger partial charge in [-0.1, -0.05) is 60.1 Å². The Morgan fingerprint density at radius 3 is 2.37 bits per heavy atom. The number of hydrogen-bond acceptors (Lipinski definition) is 3. The number of carbonyl (C=O) groups excluding carboxylic acids is 2. The first kappa shape index (κ1) is 21.6. The minimum absolute atomic E-state index is 0.102. The van der Waals surface area contributed by atoms with Crippen molar-refractivity contribution < 1.29 is 9.59 Å². The summed E-state index contributed by atoms with van der Waals surface area (Å²) in [5.41, 5.74) is 1.71. The van der Waals surface area contributed by atoms with Crippen molar-refractivity contribution in [3.8, 4) is 0 Å². The van der Waals surface area contributed by atoms with Gasteiger partial charge in [-0.3, -0.25) is 4.79 Å². The molecule has 1 unspecified atom stereocenters. The Kier molecular flexibility index (Phi) is 7.24. The highest BCUT2D eigenvalue weighted by Crippen LogP contribution is 2.15. The van der Waals surface area contributed by atoms with Crippen LogP contribution in [0.4, 0.5) is 16.3 Å². The maximum absolute atomic E-state index is 12.9. The van der Waals surface area contributed by atoms with Crippen molar-refractivity contribution in [1.29, 1.82) is 0 Å². The standard InChI is InChI=1S/C22H24BrN5O2/c1-15(2)20(27-22(30)25-18-6-4-3-5-7-18)21(29)26-19-12-13-24-28(19)14-16-8-10-17(23)11-9-16/h3-13,15,20H,14H2,1-2H3,(H,26,29)(H2,25,27,30). The first-order valence-corrected chi connectivity index (χ1v) is 10.4. The number of hydrogen-bond donors (Lipinski definition) is 3. The average Bonchev–Trinajstić information content (AvgIpc) is 3.15. The van der Waals surface area contributed by atoms with Crippen molar-refractivity contribution in [2.24, 2.45) is 5.92 Å². The number of nitrogens with zero attached hydrogens (tertiary/aromatic N) is 2. The van der Waals surface area contributed by atoms with Crippen LogP contribution in [-0.4, -0.2) is 27.8 Å². The lowest BCUT2D eigenvalue weighted by molar-refractivity contribution is -0.118. The minimum atomic E-state index is -0.704. The smallest absolute Gasteiger partial charge is 0.319 e. The van der Waals surface area contributed by atoms with E-state index >= 15 is 0 Å². The molecule has 1 heterocycles. The molecule has 3 aromatic rings. The zero-order valence-corrected chi connectivity index (χ0v) is 18.4. The van der Waals surface area contributed by atoms with Crippen LogP contribution in [-0.2, 0) is 11.3 Å². The first-order chi connectivity index (χ1) is 14.4. The fourth-order valence-corrected chi connectivity index (χ4v) is 3.16. The highest BCUT2D eigenvalue weighted by atomic mass is 79.9. The molecular weight excluding hydrogens is 446 g/mol. The van der Waals surface area contributed by atoms with Crippen molar-refractivity contribution in [1.82, 2.24) is 15.1 Å². The van der Waals surface area contributed by atoms with E-state index < -0.39 is 12.1 Å². The van der Waals surface area contributed by atoms with Crippen LogP contribution in [0.15, 0.2) is 71.3 Å². The number of urea groups is 1. The number of amides is 3. The number of aromatic nitrogens is 2. The number of halogens is 1. The summed E-state index contributed by atoms with van der Waals surface area (Å²) in [6.07, 6.45) is 1.63. The Hall–Kier alpha value is -3.13. The monoisotopic (exact) mass is 469 g/mol. The van der Waals surface area contributed by atoms with Crippen LogP contribution >= 0.6 is 15.9 Å². The summed E-state index contributed by atoms with van der Waals surface area (Å²) in [5, 5.41) is 12.7. The predicted molar refractivity (Wildman–Crippen MR) is 121 cm³/mol. The number of benzene rings is 2. The van der Waals surface area contributed by atoms with Crippen molar-refractivity contribution in [3.63, 3.8) is 0 Å². The van der Waals surface area contributed by atoms with E-state index in [0.717, 1.165) is 10.0 Å². The zero-order valence-electron chi connectivity index (χ0n) is 16.8. The fraction of sp³-hybridized carbons (Fsp3) is 0.227. The third-order valence-corrected chi connectivity index (χ3v) is 5.01. The van der Waals surface area contributed by atoms with Crippen LogP contribution in [0, 0.1) is 5.92 Å². The lowest BCUT2D eigenvalue weighted by Crippen LogP contribution is -2.48. The molecule has 1 atom stereocenters. The largest absolute Gasteiger partial charge is 0.326 e. The van der Waals surface area contributed by atoms with Gasteiger partial charge in [-0.25, -0.2) is 9.48 Å². The maximum atomic E-state index is 12.9. The summed E-state index contributed by atoms with van der Waals surface area (Å²) in [6.45, 7) is 4.28. The second-order valence-electron chi connectivity index (χ2n) is 7.18. The molecule has 0 fully saturated rings. The number of para-hydroxylation sites is 1. The summed E-state index contributed by atoms with van der Waals surface area (Å²) in [4.78, 5) is 25.2. The Morgan fingerprint density at radius 2 is 1.70 bits per heavy atom. The third-order valence-electron chi connectivity index (χ3n) is 4.48. The normalized spacial score (nSPS) is 11.7. The molecule has 8 heteroatoms. The summed E-state index contributed by atoms with van der Waals surface area (Å²) < 4.78 is 2.71. The number of anilines is 2. The highest BCUT2D eigenvalue weighted by molar-refractivity contribution is 9.10. The van der Waals surface area contributed by atoms with Crippen molar-refractivity contribution in [3.05, 3.63) is 76.9 Å². The first-order valence-electron chi connectivity index (χ1n) is 9.62. The van der Waals surface area contributed by atoms with E-state index in [1.54, 1.807) is 29.1 Å². The second kappa shape index (κ2) is 10.1. The zero-order chi connectivity index (χ0) is 21.5. The van der Waals surface area contributed by atoms with E-state index in [-0.39, 0.29) is 11.8 Å². The van der Waals surface area contributed by atoms with Crippen LogP contribution in [0.5, 0.6) is 0 Å². The molecule has 156 valence electrons. The molecular formula is C22H24BrN5O2.